The van der Waals surface area contributed by atoms with Gasteiger partial charge in [-0.15, -0.1) is 0 Å². The number of rotatable bonds is 2. The van der Waals surface area contributed by atoms with Gasteiger partial charge in [0.1, 0.15) is 11.5 Å². The van der Waals surface area contributed by atoms with Crippen molar-refractivity contribution in [2.24, 2.45) is 0 Å². The van der Waals surface area contributed by atoms with Crippen molar-refractivity contribution in [2.75, 3.05) is 14.2 Å². The highest BCUT2D eigenvalue weighted by atomic mass is 16.5. The van der Waals surface area contributed by atoms with E-state index in [0.29, 0.717) is 0 Å². The second-order valence-electron chi connectivity index (χ2n) is 3.00. The van der Waals surface area contributed by atoms with Gasteiger partial charge < -0.3 is 9.47 Å². The van der Waals surface area contributed by atoms with E-state index in [0.717, 1.165) is 17.1 Å². The van der Waals surface area contributed by atoms with Crippen LogP contribution in [0.1, 0.15) is 19.4 Å². The average Bonchev–Trinajstić information content (AvgIpc) is 2.29. The molecule has 0 spiro atoms. The van der Waals surface area contributed by atoms with Crippen molar-refractivity contribution in [3.63, 3.8) is 0 Å². The highest BCUT2D eigenvalue weighted by Gasteiger charge is 1.97. The zero-order valence-electron chi connectivity index (χ0n) is 10.2. The standard InChI is InChI=1S/C9H12O2.C4H8/c1-7-6-8(10-2)4-5-9(7)11-3;1-3-4-2/h4-6H,1-3H3;3-4H,1-2H3/b;4-3+. The Morgan fingerprint density at radius 1 is 1.00 bits per heavy atom. The minimum atomic E-state index is 0.864. The summed E-state index contributed by atoms with van der Waals surface area (Å²) in [5, 5.41) is 0. The predicted octanol–water partition coefficient (Wildman–Crippen LogP) is 3.59. The van der Waals surface area contributed by atoms with E-state index in [1.54, 1.807) is 14.2 Å². The van der Waals surface area contributed by atoms with Crippen LogP contribution in [0.25, 0.3) is 0 Å². The molecular weight excluding hydrogens is 188 g/mol. The first kappa shape index (κ1) is 13.6. The molecule has 2 nitrogen and oxygen atoms in total. The molecule has 15 heavy (non-hydrogen) atoms. The SMILES string of the molecule is C/C=C/C.COc1ccc(OC)c(C)c1. The molecule has 0 saturated carbocycles. The van der Waals surface area contributed by atoms with E-state index < -0.39 is 0 Å². The zero-order chi connectivity index (χ0) is 11.7. The van der Waals surface area contributed by atoms with Gasteiger partial charge in [0.05, 0.1) is 14.2 Å². The molecule has 0 bridgehead atoms. The van der Waals surface area contributed by atoms with Crippen molar-refractivity contribution < 1.29 is 9.47 Å². The Hall–Kier alpha value is -1.44. The summed E-state index contributed by atoms with van der Waals surface area (Å²) in [6.07, 6.45) is 4.00. The number of ether oxygens (including phenoxy) is 2. The number of methoxy groups -OCH3 is 2. The molecule has 0 fully saturated rings. The topological polar surface area (TPSA) is 18.5 Å². The smallest absolute Gasteiger partial charge is 0.122 e. The summed E-state index contributed by atoms with van der Waals surface area (Å²) in [5.74, 6) is 1.76. The highest BCUT2D eigenvalue weighted by molar-refractivity contribution is 5.39. The van der Waals surface area contributed by atoms with Crippen molar-refractivity contribution in [3.05, 3.63) is 35.9 Å². The molecule has 2 heteroatoms. The molecule has 0 aliphatic carbocycles. The lowest BCUT2D eigenvalue weighted by Gasteiger charge is -2.05. The van der Waals surface area contributed by atoms with Gasteiger partial charge in [-0.1, -0.05) is 12.2 Å². The Labute approximate surface area is 92.5 Å². The van der Waals surface area contributed by atoms with Crippen LogP contribution in [-0.4, -0.2) is 14.2 Å². The molecule has 0 saturated heterocycles. The summed E-state index contributed by atoms with van der Waals surface area (Å²) in [6.45, 7) is 5.99. The lowest BCUT2D eigenvalue weighted by Crippen LogP contribution is -1.88. The summed E-state index contributed by atoms with van der Waals surface area (Å²) < 4.78 is 10.1. The first-order valence-electron chi connectivity index (χ1n) is 4.95. The average molecular weight is 208 g/mol. The van der Waals surface area contributed by atoms with E-state index >= 15 is 0 Å². The van der Waals surface area contributed by atoms with E-state index in [2.05, 4.69) is 0 Å². The quantitative estimate of drug-likeness (QED) is 0.691. The first-order valence-corrected chi connectivity index (χ1v) is 4.95. The summed E-state index contributed by atoms with van der Waals surface area (Å²) >= 11 is 0. The minimum Gasteiger partial charge on any atom is -0.497 e. The number of aryl methyl sites for hydroxylation is 1. The summed E-state index contributed by atoms with van der Waals surface area (Å²) in [7, 11) is 3.32. The molecule has 0 amide bonds. The molecule has 0 aromatic heterocycles. The third-order valence-electron chi connectivity index (χ3n) is 1.94. The predicted molar refractivity (Wildman–Crippen MR) is 64.8 cm³/mol. The van der Waals surface area contributed by atoms with Crippen LogP contribution in [0.5, 0.6) is 11.5 Å². The molecule has 1 aromatic rings. The van der Waals surface area contributed by atoms with Gasteiger partial charge in [-0.25, -0.2) is 0 Å². The second-order valence-corrected chi connectivity index (χ2v) is 3.00. The van der Waals surface area contributed by atoms with Crippen LogP contribution >= 0.6 is 0 Å². The zero-order valence-corrected chi connectivity index (χ0v) is 10.2. The third kappa shape index (κ3) is 5.11. The second kappa shape index (κ2) is 7.92. The van der Waals surface area contributed by atoms with Crippen LogP contribution in [-0.2, 0) is 0 Å². The van der Waals surface area contributed by atoms with Gasteiger partial charge in [-0.3, -0.25) is 0 Å². The minimum absolute atomic E-state index is 0.864. The monoisotopic (exact) mass is 208 g/mol. The van der Waals surface area contributed by atoms with Gasteiger partial charge in [0.15, 0.2) is 0 Å². The Kier molecular flexibility index (Phi) is 7.16. The van der Waals surface area contributed by atoms with Crippen LogP contribution in [0, 0.1) is 6.92 Å². The summed E-state index contributed by atoms with van der Waals surface area (Å²) in [4.78, 5) is 0. The maximum atomic E-state index is 5.09. The number of hydrogen-bond acceptors (Lipinski definition) is 2. The molecule has 1 aromatic carbocycles. The molecule has 0 aliphatic rings. The normalized spacial score (nSPS) is 9.40. The Morgan fingerprint density at radius 3 is 1.93 bits per heavy atom. The van der Waals surface area contributed by atoms with Crippen molar-refractivity contribution in [1.29, 1.82) is 0 Å². The molecule has 1 rings (SSSR count). The van der Waals surface area contributed by atoms with E-state index in [1.165, 1.54) is 0 Å². The first-order chi connectivity index (χ1) is 7.19. The fourth-order valence-electron chi connectivity index (χ4n) is 0.978. The van der Waals surface area contributed by atoms with E-state index in [4.69, 9.17) is 9.47 Å². The van der Waals surface area contributed by atoms with Gasteiger partial charge in [0.2, 0.25) is 0 Å². The number of hydrogen-bond donors (Lipinski definition) is 0. The van der Waals surface area contributed by atoms with Crippen molar-refractivity contribution in [1.82, 2.24) is 0 Å². The van der Waals surface area contributed by atoms with Crippen LogP contribution in [0.4, 0.5) is 0 Å². The van der Waals surface area contributed by atoms with Gasteiger partial charge in [0, 0.05) is 0 Å². The highest BCUT2D eigenvalue weighted by Crippen LogP contribution is 2.22. The number of benzene rings is 1. The van der Waals surface area contributed by atoms with Gasteiger partial charge in [-0.05, 0) is 44.5 Å². The largest absolute Gasteiger partial charge is 0.497 e. The maximum absolute atomic E-state index is 5.09. The molecule has 84 valence electrons. The van der Waals surface area contributed by atoms with Gasteiger partial charge >= 0.3 is 0 Å². The van der Waals surface area contributed by atoms with Crippen LogP contribution in [0.3, 0.4) is 0 Å². The van der Waals surface area contributed by atoms with Gasteiger partial charge in [-0.2, -0.15) is 0 Å². The van der Waals surface area contributed by atoms with Crippen LogP contribution in [0.2, 0.25) is 0 Å². The third-order valence-corrected chi connectivity index (χ3v) is 1.94. The molecule has 0 aliphatic heterocycles. The molecular formula is C13H20O2. The Morgan fingerprint density at radius 2 is 1.60 bits per heavy atom. The van der Waals surface area contributed by atoms with E-state index in [1.807, 2.05) is 51.1 Å². The van der Waals surface area contributed by atoms with Crippen molar-refractivity contribution in [3.8, 4) is 11.5 Å². The van der Waals surface area contributed by atoms with Crippen LogP contribution in [0.15, 0.2) is 30.4 Å². The van der Waals surface area contributed by atoms with E-state index in [9.17, 15) is 0 Å². The molecule has 0 radical (unpaired) electrons. The Bertz CT molecular complexity index is 299. The molecule has 0 atom stereocenters. The Balaban J connectivity index is 0.000000423. The van der Waals surface area contributed by atoms with Gasteiger partial charge in [0.25, 0.3) is 0 Å². The van der Waals surface area contributed by atoms with Crippen molar-refractivity contribution in [2.45, 2.75) is 20.8 Å². The summed E-state index contributed by atoms with van der Waals surface area (Å²) in [5.41, 5.74) is 1.09. The van der Waals surface area contributed by atoms with Crippen molar-refractivity contribution >= 4 is 0 Å². The maximum Gasteiger partial charge on any atom is 0.122 e. The molecule has 0 N–H and O–H groups in total. The summed E-state index contributed by atoms with van der Waals surface area (Å²) in [6, 6.07) is 5.72. The number of allylic oxidation sites excluding steroid dienone is 2. The fraction of sp³-hybridized carbons (Fsp3) is 0.385. The molecule has 0 heterocycles. The van der Waals surface area contributed by atoms with E-state index in [-0.39, 0.29) is 0 Å². The lowest BCUT2D eigenvalue weighted by atomic mass is 10.2. The van der Waals surface area contributed by atoms with Crippen LogP contribution < -0.4 is 9.47 Å². The molecule has 0 unspecified atom stereocenters. The lowest BCUT2D eigenvalue weighted by molar-refractivity contribution is 0.400. The fourth-order valence-corrected chi connectivity index (χ4v) is 0.978.